The Kier molecular flexibility index (Phi) is 6.60. The topological polar surface area (TPSA) is 134 Å². The van der Waals surface area contributed by atoms with E-state index in [0.717, 1.165) is 29.0 Å². The van der Waals surface area contributed by atoms with E-state index in [1.54, 1.807) is 31.2 Å². The predicted octanol–water partition coefficient (Wildman–Crippen LogP) is 3.81. The van der Waals surface area contributed by atoms with Crippen molar-refractivity contribution in [1.29, 1.82) is 5.26 Å². The first kappa shape index (κ1) is 24.3. The fraction of sp³-hybridized carbons (Fsp3) is 0.160. The van der Waals surface area contributed by atoms with Crippen molar-refractivity contribution in [3.63, 3.8) is 0 Å². The molecule has 36 heavy (non-hydrogen) atoms. The molecule has 0 saturated heterocycles. The number of aromatic hydroxyl groups is 1. The molecule has 9 nitrogen and oxygen atoms in total. The van der Waals surface area contributed by atoms with Crippen molar-refractivity contribution in [3.8, 4) is 11.8 Å². The van der Waals surface area contributed by atoms with Crippen LogP contribution in [0, 0.1) is 23.0 Å². The molecule has 2 aromatic carbocycles. The molecular formula is C25H19F2N5O4. The van der Waals surface area contributed by atoms with Gasteiger partial charge in [0.1, 0.15) is 29.4 Å². The van der Waals surface area contributed by atoms with Crippen LogP contribution in [-0.4, -0.2) is 25.7 Å². The van der Waals surface area contributed by atoms with Gasteiger partial charge in [-0.2, -0.15) is 5.26 Å². The fourth-order valence-corrected chi connectivity index (χ4v) is 4.14. The number of nitrogens with zero attached hydrogens (tertiary/aromatic N) is 4. The predicted molar refractivity (Wildman–Crippen MR) is 123 cm³/mol. The van der Waals surface area contributed by atoms with Crippen LogP contribution in [0.1, 0.15) is 51.8 Å². The Morgan fingerprint density at radius 3 is 2.56 bits per heavy atom. The Hall–Kier alpha value is -4.85. The number of nitriles is 1. The van der Waals surface area contributed by atoms with Gasteiger partial charge in [-0.3, -0.25) is 14.2 Å². The van der Waals surface area contributed by atoms with Crippen molar-refractivity contribution < 1.29 is 23.2 Å². The smallest absolute Gasteiger partial charge is 0.296 e. The SMILES string of the molecule is C[C@@H](c1nc(C(=O)Nc2cnoc2)c(O)c(=O)n1C)[C@@H](c1cc(F)cc(F)c1)c1ccccc1C#N. The molecule has 2 aromatic heterocycles. The van der Waals surface area contributed by atoms with Crippen LogP contribution in [0.2, 0.25) is 0 Å². The lowest BCUT2D eigenvalue weighted by Crippen LogP contribution is -2.29. The summed E-state index contributed by atoms with van der Waals surface area (Å²) in [5, 5.41) is 25.9. The van der Waals surface area contributed by atoms with Gasteiger partial charge in [0.2, 0.25) is 5.75 Å². The van der Waals surface area contributed by atoms with E-state index < -0.39 is 46.4 Å². The van der Waals surface area contributed by atoms with Gasteiger partial charge >= 0.3 is 0 Å². The molecule has 4 aromatic rings. The Morgan fingerprint density at radius 1 is 1.22 bits per heavy atom. The summed E-state index contributed by atoms with van der Waals surface area (Å²) in [7, 11) is 1.35. The van der Waals surface area contributed by atoms with Gasteiger partial charge in [-0.05, 0) is 29.3 Å². The second-order valence-corrected chi connectivity index (χ2v) is 8.07. The Bertz CT molecular complexity index is 1520. The molecule has 0 aliphatic rings. The molecule has 2 heterocycles. The van der Waals surface area contributed by atoms with Crippen molar-refractivity contribution in [3.05, 3.63) is 105 Å². The average Bonchev–Trinajstić information content (AvgIpc) is 3.35. The van der Waals surface area contributed by atoms with E-state index in [9.17, 15) is 28.7 Å². The zero-order chi connectivity index (χ0) is 26.0. The maximum atomic E-state index is 14.2. The number of rotatable bonds is 6. The second kappa shape index (κ2) is 9.79. The molecule has 0 spiro atoms. The number of amides is 1. The van der Waals surface area contributed by atoms with Crippen LogP contribution in [0.25, 0.3) is 0 Å². The number of carbonyl (C=O) groups excluding carboxylic acids is 1. The molecule has 1 amide bonds. The van der Waals surface area contributed by atoms with Crippen LogP contribution in [0.5, 0.6) is 5.75 Å². The zero-order valence-electron chi connectivity index (χ0n) is 19.1. The highest BCUT2D eigenvalue weighted by Gasteiger charge is 2.31. The molecule has 4 rings (SSSR count). The van der Waals surface area contributed by atoms with E-state index in [1.165, 1.54) is 13.2 Å². The van der Waals surface area contributed by atoms with Gasteiger partial charge in [0.25, 0.3) is 11.5 Å². The van der Waals surface area contributed by atoms with E-state index in [0.29, 0.717) is 5.56 Å². The molecule has 0 fully saturated rings. The first-order chi connectivity index (χ1) is 17.2. The average molecular weight is 491 g/mol. The molecule has 2 N–H and O–H groups in total. The van der Waals surface area contributed by atoms with E-state index in [4.69, 9.17) is 0 Å². The normalized spacial score (nSPS) is 12.5. The van der Waals surface area contributed by atoms with E-state index in [1.807, 2.05) is 0 Å². The molecule has 2 atom stereocenters. The minimum Gasteiger partial charge on any atom is -0.501 e. The van der Waals surface area contributed by atoms with Crippen LogP contribution in [0.15, 0.2) is 64.2 Å². The van der Waals surface area contributed by atoms with Crippen LogP contribution in [-0.2, 0) is 7.05 Å². The minimum atomic E-state index is -0.903. The van der Waals surface area contributed by atoms with Crippen LogP contribution in [0.4, 0.5) is 14.5 Å². The third-order valence-electron chi connectivity index (χ3n) is 5.77. The lowest BCUT2D eigenvalue weighted by Gasteiger charge is -2.27. The van der Waals surface area contributed by atoms with E-state index in [2.05, 4.69) is 26.0 Å². The quantitative estimate of drug-likeness (QED) is 0.419. The van der Waals surface area contributed by atoms with Crippen LogP contribution in [0.3, 0.4) is 0 Å². The van der Waals surface area contributed by atoms with E-state index in [-0.39, 0.29) is 22.6 Å². The lowest BCUT2D eigenvalue weighted by molar-refractivity contribution is 0.101. The standard InChI is InChI=1S/C25H19F2N5O4/c1-13(20(15-7-16(26)9-17(27)8-15)19-6-4-3-5-14(19)10-28)23-31-21(22(33)25(35)32(23)2)24(34)30-18-11-29-36-12-18/h3-9,11-13,20,33H,1-2H3,(H,30,34)/t13-,20+/m1/s1. The number of aromatic nitrogens is 3. The number of hydrogen-bond donors (Lipinski definition) is 2. The number of anilines is 1. The lowest BCUT2D eigenvalue weighted by atomic mass is 9.79. The highest BCUT2D eigenvalue weighted by molar-refractivity contribution is 6.04. The van der Waals surface area contributed by atoms with Crippen molar-refractivity contribution in [2.75, 3.05) is 5.32 Å². The van der Waals surface area contributed by atoms with Crippen molar-refractivity contribution >= 4 is 11.6 Å². The molecular weight excluding hydrogens is 472 g/mol. The summed E-state index contributed by atoms with van der Waals surface area (Å²) in [4.78, 5) is 29.9. The van der Waals surface area contributed by atoms with Crippen LogP contribution >= 0.6 is 0 Å². The number of hydrogen-bond acceptors (Lipinski definition) is 7. The first-order valence-electron chi connectivity index (χ1n) is 10.7. The zero-order valence-corrected chi connectivity index (χ0v) is 19.1. The summed E-state index contributed by atoms with van der Waals surface area (Å²) >= 11 is 0. The first-order valence-corrected chi connectivity index (χ1v) is 10.7. The van der Waals surface area contributed by atoms with Gasteiger partial charge in [0.05, 0.1) is 17.8 Å². The summed E-state index contributed by atoms with van der Waals surface area (Å²) in [6.07, 6.45) is 2.36. The van der Waals surface area contributed by atoms with Gasteiger partial charge in [0, 0.05) is 24.9 Å². The van der Waals surface area contributed by atoms with Gasteiger partial charge in [-0.25, -0.2) is 13.8 Å². The fourth-order valence-electron chi connectivity index (χ4n) is 4.14. The van der Waals surface area contributed by atoms with Gasteiger partial charge in [-0.1, -0.05) is 30.3 Å². The molecule has 0 radical (unpaired) electrons. The molecule has 0 aliphatic carbocycles. The highest BCUT2D eigenvalue weighted by atomic mass is 19.1. The Balaban J connectivity index is 1.90. The number of nitrogens with one attached hydrogen (secondary N) is 1. The summed E-state index contributed by atoms with van der Waals surface area (Å²) < 4.78 is 34.2. The summed E-state index contributed by atoms with van der Waals surface area (Å²) in [6, 6.07) is 11.6. The second-order valence-electron chi connectivity index (χ2n) is 8.07. The van der Waals surface area contributed by atoms with Gasteiger partial charge in [0.15, 0.2) is 5.69 Å². The maximum Gasteiger partial charge on any atom is 0.296 e. The van der Waals surface area contributed by atoms with Gasteiger partial charge < -0.3 is 14.9 Å². The number of halogens is 2. The van der Waals surface area contributed by atoms with Crippen molar-refractivity contribution in [2.45, 2.75) is 18.8 Å². The van der Waals surface area contributed by atoms with E-state index >= 15 is 0 Å². The van der Waals surface area contributed by atoms with Crippen molar-refractivity contribution in [2.24, 2.45) is 7.05 Å². The largest absolute Gasteiger partial charge is 0.501 e. The highest BCUT2D eigenvalue weighted by Crippen LogP contribution is 2.39. The summed E-state index contributed by atoms with van der Waals surface area (Å²) in [6.45, 7) is 1.64. The number of benzene rings is 2. The van der Waals surface area contributed by atoms with Gasteiger partial charge in [-0.15, -0.1) is 0 Å². The molecule has 182 valence electrons. The third-order valence-corrected chi connectivity index (χ3v) is 5.77. The molecule has 11 heteroatoms. The number of carbonyl (C=O) groups is 1. The minimum absolute atomic E-state index is 0.0377. The van der Waals surface area contributed by atoms with Crippen LogP contribution < -0.4 is 10.9 Å². The summed E-state index contributed by atoms with van der Waals surface area (Å²) in [5.41, 5.74) is -0.393. The molecule has 0 saturated carbocycles. The Morgan fingerprint density at radius 2 is 1.92 bits per heavy atom. The summed E-state index contributed by atoms with van der Waals surface area (Å²) in [5.74, 6) is -5.02. The third kappa shape index (κ3) is 4.56. The maximum absolute atomic E-state index is 14.2. The monoisotopic (exact) mass is 491 g/mol. The molecule has 0 unspecified atom stereocenters. The molecule has 0 aliphatic heterocycles. The molecule has 0 bridgehead atoms. The van der Waals surface area contributed by atoms with Crippen molar-refractivity contribution in [1.82, 2.24) is 14.7 Å². The Labute approximate surface area is 203 Å².